The molecule has 0 aromatic carbocycles. The minimum atomic E-state index is 0.637. The van der Waals surface area contributed by atoms with Gasteiger partial charge in [-0.2, -0.15) is 0 Å². The molecule has 1 atom stereocenters. The third-order valence-electron chi connectivity index (χ3n) is 2.92. The summed E-state index contributed by atoms with van der Waals surface area (Å²) in [5.74, 6) is 1.44. The molecule has 84 valence electrons. The lowest BCUT2D eigenvalue weighted by Crippen LogP contribution is -2.19. The van der Waals surface area contributed by atoms with E-state index >= 15 is 0 Å². The van der Waals surface area contributed by atoms with Gasteiger partial charge in [0.25, 0.3) is 0 Å². The second-order valence-corrected chi connectivity index (χ2v) is 4.02. The van der Waals surface area contributed by atoms with Crippen LogP contribution in [-0.2, 0) is 6.54 Å². The van der Waals surface area contributed by atoms with Gasteiger partial charge in [0.05, 0.1) is 6.54 Å². The number of nitrogens with one attached hydrogen (secondary N) is 1. The predicted octanol–water partition coefficient (Wildman–Crippen LogP) is 1.03. The number of aromatic nitrogens is 2. The lowest BCUT2D eigenvalue weighted by molar-refractivity contribution is 0.474. The molecule has 1 aliphatic heterocycles. The number of hydrogen-bond donors (Lipinski definition) is 1. The zero-order valence-corrected chi connectivity index (χ0v) is 9.36. The van der Waals surface area contributed by atoms with Gasteiger partial charge in [-0.3, -0.25) is 0 Å². The molecule has 2 heterocycles. The molecule has 0 aliphatic carbocycles. The number of rotatable bonds is 4. The Bertz CT molecular complexity index is 312. The van der Waals surface area contributed by atoms with E-state index in [1.165, 1.54) is 12.8 Å². The lowest BCUT2D eigenvalue weighted by atomic mass is 10.1. The maximum absolute atomic E-state index is 5.54. The van der Waals surface area contributed by atoms with Crippen LogP contribution in [0.5, 0.6) is 0 Å². The Morgan fingerprint density at radius 2 is 2.40 bits per heavy atom. The standard InChI is InChI=1S/C10H18N4O/c1-3-8-4-5-14(7-8)10-13-12-9(15-10)6-11-2/h8,11H,3-7H2,1-2H3. The minimum absolute atomic E-state index is 0.637. The smallest absolute Gasteiger partial charge is 0.318 e. The molecule has 0 bridgehead atoms. The highest BCUT2D eigenvalue weighted by atomic mass is 16.4. The number of hydrogen-bond acceptors (Lipinski definition) is 5. The molecule has 0 spiro atoms. The molecule has 0 radical (unpaired) electrons. The molecule has 0 amide bonds. The van der Waals surface area contributed by atoms with Crippen molar-refractivity contribution in [3.05, 3.63) is 5.89 Å². The fourth-order valence-corrected chi connectivity index (χ4v) is 1.93. The summed E-state index contributed by atoms with van der Waals surface area (Å²) in [4.78, 5) is 2.18. The fourth-order valence-electron chi connectivity index (χ4n) is 1.93. The molecular formula is C10H18N4O. The number of nitrogens with zero attached hydrogens (tertiary/aromatic N) is 3. The molecule has 2 rings (SSSR count). The molecule has 1 aromatic heterocycles. The topological polar surface area (TPSA) is 54.2 Å². The van der Waals surface area contributed by atoms with Gasteiger partial charge in [-0.05, 0) is 19.4 Å². The van der Waals surface area contributed by atoms with E-state index in [1.807, 2.05) is 7.05 Å². The second kappa shape index (κ2) is 4.61. The van der Waals surface area contributed by atoms with Gasteiger partial charge in [0.2, 0.25) is 5.89 Å². The highest BCUT2D eigenvalue weighted by molar-refractivity contribution is 5.26. The Morgan fingerprint density at radius 1 is 1.53 bits per heavy atom. The third kappa shape index (κ3) is 2.28. The quantitative estimate of drug-likeness (QED) is 0.804. The van der Waals surface area contributed by atoms with E-state index in [0.29, 0.717) is 18.5 Å². The highest BCUT2D eigenvalue weighted by Gasteiger charge is 2.24. The molecule has 1 N–H and O–H groups in total. The van der Waals surface area contributed by atoms with Crippen LogP contribution in [0.4, 0.5) is 6.01 Å². The van der Waals surface area contributed by atoms with E-state index in [2.05, 4.69) is 27.3 Å². The Morgan fingerprint density at radius 3 is 3.07 bits per heavy atom. The van der Waals surface area contributed by atoms with E-state index in [-0.39, 0.29) is 0 Å². The predicted molar refractivity (Wildman–Crippen MR) is 57.7 cm³/mol. The third-order valence-corrected chi connectivity index (χ3v) is 2.92. The Hall–Kier alpha value is -1.10. The minimum Gasteiger partial charge on any atom is -0.407 e. The van der Waals surface area contributed by atoms with Crippen molar-refractivity contribution >= 4 is 6.01 Å². The molecule has 1 fully saturated rings. The van der Waals surface area contributed by atoms with Crippen LogP contribution in [0.1, 0.15) is 25.7 Å². The summed E-state index contributed by atoms with van der Waals surface area (Å²) in [7, 11) is 1.87. The molecule has 1 aliphatic rings. The van der Waals surface area contributed by atoms with Gasteiger partial charge in [-0.1, -0.05) is 18.4 Å². The summed E-state index contributed by atoms with van der Waals surface area (Å²) in [6.45, 7) is 4.96. The first-order valence-electron chi connectivity index (χ1n) is 5.55. The van der Waals surface area contributed by atoms with Crippen molar-refractivity contribution < 1.29 is 4.42 Å². The maximum Gasteiger partial charge on any atom is 0.318 e. The number of anilines is 1. The van der Waals surface area contributed by atoms with E-state index in [1.54, 1.807) is 0 Å². The molecule has 0 saturated carbocycles. The van der Waals surface area contributed by atoms with Crippen LogP contribution in [0, 0.1) is 5.92 Å². The fraction of sp³-hybridized carbons (Fsp3) is 0.800. The van der Waals surface area contributed by atoms with Crippen molar-refractivity contribution in [1.29, 1.82) is 0 Å². The van der Waals surface area contributed by atoms with Gasteiger partial charge in [0, 0.05) is 13.1 Å². The zero-order chi connectivity index (χ0) is 10.7. The van der Waals surface area contributed by atoms with Crippen molar-refractivity contribution in [2.24, 2.45) is 5.92 Å². The first kappa shape index (κ1) is 10.4. The first-order chi connectivity index (χ1) is 7.33. The van der Waals surface area contributed by atoms with Crippen LogP contribution < -0.4 is 10.2 Å². The van der Waals surface area contributed by atoms with Crippen LogP contribution in [0.3, 0.4) is 0 Å². The largest absolute Gasteiger partial charge is 0.407 e. The summed E-state index contributed by atoms with van der Waals surface area (Å²) >= 11 is 0. The van der Waals surface area contributed by atoms with Gasteiger partial charge in [0.15, 0.2) is 0 Å². The lowest BCUT2D eigenvalue weighted by Gasteiger charge is -2.11. The molecule has 5 nitrogen and oxygen atoms in total. The Labute approximate surface area is 89.9 Å². The van der Waals surface area contributed by atoms with Gasteiger partial charge in [-0.25, -0.2) is 0 Å². The van der Waals surface area contributed by atoms with E-state index in [0.717, 1.165) is 19.0 Å². The molecular weight excluding hydrogens is 192 g/mol. The highest BCUT2D eigenvalue weighted by Crippen LogP contribution is 2.24. The van der Waals surface area contributed by atoms with Gasteiger partial charge in [0.1, 0.15) is 0 Å². The molecule has 5 heteroatoms. The second-order valence-electron chi connectivity index (χ2n) is 4.02. The van der Waals surface area contributed by atoms with Crippen LogP contribution >= 0.6 is 0 Å². The van der Waals surface area contributed by atoms with Crippen LogP contribution in [0.15, 0.2) is 4.42 Å². The summed E-state index contributed by atoms with van der Waals surface area (Å²) < 4.78 is 5.54. The summed E-state index contributed by atoms with van der Waals surface area (Å²) in [5, 5.41) is 11.0. The van der Waals surface area contributed by atoms with Crippen molar-refractivity contribution in [3.8, 4) is 0 Å². The van der Waals surface area contributed by atoms with Crippen LogP contribution in [0.25, 0.3) is 0 Å². The summed E-state index contributed by atoms with van der Waals surface area (Å²) in [6, 6.07) is 0.677. The van der Waals surface area contributed by atoms with E-state index in [4.69, 9.17) is 4.42 Å². The molecule has 1 saturated heterocycles. The Balaban J connectivity index is 1.97. The Kier molecular flexibility index (Phi) is 3.20. The van der Waals surface area contributed by atoms with Crippen LogP contribution in [-0.4, -0.2) is 30.3 Å². The first-order valence-corrected chi connectivity index (χ1v) is 5.55. The zero-order valence-electron chi connectivity index (χ0n) is 9.36. The van der Waals surface area contributed by atoms with E-state index < -0.39 is 0 Å². The summed E-state index contributed by atoms with van der Waals surface area (Å²) in [6.07, 6.45) is 2.47. The SMILES string of the molecule is CCC1CCN(c2nnc(CNC)o2)C1. The van der Waals surface area contributed by atoms with Crippen molar-refractivity contribution in [2.75, 3.05) is 25.0 Å². The van der Waals surface area contributed by atoms with E-state index in [9.17, 15) is 0 Å². The maximum atomic E-state index is 5.54. The van der Waals surface area contributed by atoms with Crippen molar-refractivity contribution in [2.45, 2.75) is 26.3 Å². The average molecular weight is 210 g/mol. The average Bonchev–Trinajstić information content (AvgIpc) is 2.85. The molecule has 15 heavy (non-hydrogen) atoms. The van der Waals surface area contributed by atoms with Crippen LogP contribution in [0.2, 0.25) is 0 Å². The van der Waals surface area contributed by atoms with Gasteiger partial charge in [-0.15, -0.1) is 5.10 Å². The summed E-state index contributed by atoms with van der Waals surface area (Å²) in [5.41, 5.74) is 0. The van der Waals surface area contributed by atoms with Gasteiger partial charge >= 0.3 is 6.01 Å². The molecule has 1 aromatic rings. The van der Waals surface area contributed by atoms with Gasteiger partial charge < -0.3 is 14.6 Å². The monoisotopic (exact) mass is 210 g/mol. The normalized spacial score (nSPS) is 21.2. The van der Waals surface area contributed by atoms with Crippen molar-refractivity contribution in [3.63, 3.8) is 0 Å². The molecule has 1 unspecified atom stereocenters. The van der Waals surface area contributed by atoms with Crippen molar-refractivity contribution in [1.82, 2.24) is 15.5 Å².